The zero-order chi connectivity index (χ0) is 11.5. The van der Waals surface area contributed by atoms with Gasteiger partial charge in [-0.15, -0.1) is 0 Å². The lowest BCUT2D eigenvalue weighted by Gasteiger charge is -2.34. The lowest BCUT2D eigenvalue weighted by Crippen LogP contribution is -2.46. The molecule has 2 fully saturated rings. The predicted octanol–water partition coefficient (Wildman–Crippen LogP) is 0.642. The second-order valence-electron chi connectivity index (χ2n) is 5.03. The van der Waals surface area contributed by atoms with Gasteiger partial charge in [-0.2, -0.15) is 0 Å². The van der Waals surface area contributed by atoms with Crippen LogP contribution >= 0.6 is 0 Å². The van der Waals surface area contributed by atoms with Crippen LogP contribution in [-0.4, -0.2) is 48.3 Å². The summed E-state index contributed by atoms with van der Waals surface area (Å²) in [5.41, 5.74) is 0. The molecule has 0 saturated carbocycles. The van der Waals surface area contributed by atoms with Crippen LogP contribution in [0.1, 0.15) is 26.2 Å². The number of aliphatic hydroxyl groups excluding tert-OH is 1. The van der Waals surface area contributed by atoms with E-state index in [1.165, 1.54) is 0 Å². The van der Waals surface area contributed by atoms with Crippen molar-refractivity contribution in [2.24, 2.45) is 11.8 Å². The minimum atomic E-state index is -0.238. The van der Waals surface area contributed by atoms with Gasteiger partial charge in [0.25, 0.3) is 5.91 Å². The molecule has 0 aromatic rings. The summed E-state index contributed by atoms with van der Waals surface area (Å²) in [5, 5.41) is 9.14. The van der Waals surface area contributed by atoms with Crippen molar-refractivity contribution >= 4 is 5.91 Å². The second kappa shape index (κ2) is 5.15. The molecule has 1 amide bonds. The Balaban J connectivity index is 1.93. The van der Waals surface area contributed by atoms with E-state index in [2.05, 4.69) is 6.92 Å². The molecular formula is C12H21NO3. The average molecular weight is 227 g/mol. The van der Waals surface area contributed by atoms with E-state index in [-0.39, 0.29) is 24.5 Å². The third-order valence-corrected chi connectivity index (χ3v) is 3.72. The Morgan fingerprint density at radius 3 is 2.94 bits per heavy atom. The fourth-order valence-electron chi connectivity index (χ4n) is 2.61. The van der Waals surface area contributed by atoms with Crippen LogP contribution in [-0.2, 0) is 9.53 Å². The van der Waals surface area contributed by atoms with Crippen LogP contribution in [0.25, 0.3) is 0 Å². The highest BCUT2D eigenvalue weighted by Gasteiger charge is 2.35. The van der Waals surface area contributed by atoms with E-state index in [1.807, 2.05) is 4.90 Å². The summed E-state index contributed by atoms with van der Waals surface area (Å²) in [6, 6.07) is 0. The molecule has 2 saturated heterocycles. The monoisotopic (exact) mass is 227 g/mol. The number of piperidine rings is 1. The topological polar surface area (TPSA) is 49.8 Å². The molecule has 2 aliphatic heterocycles. The number of aliphatic hydroxyl groups is 1. The number of rotatable bonds is 2. The van der Waals surface area contributed by atoms with Crippen molar-refractivity contribution in [2.75, 3.05) is 26.3 Å². The maximum atomic E-state index is 12.2. The summed E-state index contributed by atoms with van der Waals surface area (Å²) in [5.74, 6) is 0.722. The Bertz CT molecular complexity index is 257. The summed E-state index contributed by atoms with van der Waals surface area (Å²) in [7, 11) is 0. The van der Waals surface area contributed by atoms with Gasteiger partial charge in [-0.3, -0.25) is 4.79 Å². The first-order chi connectivity index (χ1) is 7.72. The molecule has 92 valence electrons. The molecule has 0 aliphatic carbocycles. The molecular weight excluding hydrogens is 206 g/mol. The normalized spacial score (nSPS) is 35.4. The van der Waals surface area contributed by atoms with E-state index >= 15 is 0 Å². The van der Waals surface area contributed by atoms with Gasteiger partial charge in [-0.25, -0.2) is 0 Å². The van der Waals surface area contributed by atoms with Crippen molar-refractivity contribution in [2.45, 2.75) is 32.3 Å². The highest BCUT2D eigenvalue weighted by Crippen LogP contribution is 2.24. The van der Waals surface area contributed by atoms with Gasteiger partial charge in [-0.05, 0) is 31.1 Å². The van der Waals surface area contributed by atoms with Gasteiger partial charge in [0, 0.05) is 26.3 Å². The first kappa shape index (κ1) is 11.9. The van der Waals surface area contributed by atoms with Crippen molar-refractivity contribution in [1.82, 2.24) is 4.90 Å². The van der Waals surface area contributed by atoms with Crippen LogP contribution in [0.3, 0.4) is 0 Å². The molecule has 2 aliphatic rings. The molecule has 16 heavy (non-hydrogen) atoms. The Kier molecular flexibility index (Phi) is 3.82. The Hall–Kier alpha value is -0.610. The van der Waals surface area contributed by atoms with Crippen molar-refractivity contribution < 1.29 is 14.6 Å². The summed E-state index contributed by atoms with van der Waals surface area (Å²) < 4.78 is 5.50. The highest BCUT2D eigenvalue weighted by molar-refractivity contribution is 5.81. The zero-order valence-electron chi connectivity index (χ0n) is 9.89. The number of nitrogens with zero attached hydrogens (tertiary/aromatic N) is 1. The maximum absolute atomic E-state index is 12.2. The van der Waals surface area contributed by atoms with Crippen molar-refractivity contribution in [3.8, 4) is 0 Å². The second-order valence-corrected chi connectivity index (χ2v) is 5.03. The van der Waals surface area contributed by atoms with Crippen LogP contribution < -0.4 is 0 Å². The number of ether oxygens (including phenoxy) is 1. The maximum Gasteiger partial charge on any atom is 0.251 e. The average Bonchev–Trinajstić information content (AvgIpc) is 2.74. The van der Waals surface area contributed by atoms with Gasteiger partial charge in [0.2, 0.25) is 0 Å². The molecule has 0 aromatic carbocycles. The van der Waals surface area contributed by atoms with Crippen LogP contribution in [0, 0.1) is 11.8 Å². The van der Waals surface area contributed by atoms with E-state index in [0.717, 1.165) is 25.8 Å². The van der Waals surface area contributed by atoms with Crippen molar-refractivity contribution in [3.63, 3.8) is 0 Å². The van der Waals surface area contributed by atoms with Crippen LogP contribution in [0.4, 0.5) is 0 Å². The Morgan fingerprint density at radius 1 is 1.50 bits per heavy atom. The van der Waals surface area contributed by atoms with Gasteiger partial charge in [0.05, 0.1) is 0 Å². The molecule has 0 spiro atoms. The van der Waals surface area contributed by atoms with Gasteiger partial charge < -0.3 is 14.7 Å². The number of likely N-dealkylation sites (tertiary alicyclic amines) is 1. The summed E-state index contributed by atoms with van der Waals surface area (Å²) >= 11 is 0. The number of carbonyl (C=O) groups excluding carboxylic acids is 1. The number of hydrogen-bond acceptors (Lipinski definition) is 3. The lowest BCUT2D eigenvalue weighted by atomic mass is 9.97. The highest BCUT2D eigenvalue weighted by atomic mass is 16.5. The van der Waals surface area contributed by atoms with E-state index in [1.54, 1.807) is 0 Å². The quantitative estimate of drug-likeness (QED) is 0.753. The van der Waals surface area contributed by atoms with Gasteiger partial charge >= 0.3 is 0 Å². The molecule has 4 nitrogen and oxygen atoms in total. The van der Waals surface area contributed by atoms with E-state index < -0.39 is 0 Å². The number of carbonyl (C=O) groups is 1. The minimum Gasteiger partial charge on any atom is -0.396 e. The fraction of sp³-hybridized carbons (Fsp3) is 0.917. The Morgan fingerprint density at radius 2 is 2.31 bits per heavy atom. The summed E-state index contributed by atoms with van der Waals surface area (Å²) in [4.78, 5) is 14.1. The molecule has 1 N–H and O–H groups in total. The van der Waals surface area contributed by atoms with E-state index in [4.69, 9.17) is 9.84 Å². The largest absolute Gasteiger partial charge is 0.396 e. The third kappa shape index (κ3) is 2.38. The molecule has 3 unspecified atom stereocenters. The zero-order valence-corrected chi connectivity index (χ0v) is 9.89. The minimum absolute atomic E-state index is 0.128. The van der Waals surface area contributed by atoms with Crippen LogP contribution in [0.2, 0.25) is 0 Å². The molecule has 3 atom stereocenters. The summed E-state index contributed by atoms with van der Waals surface area (Å²) in [6.45, 7) is 4.48. The van der Waals surface area contributed by atoms with Crippen molar-refractivity contribution in [1.29, 1.82) is 0 Å². The molecule has 0 bridgehead atoms. The van der Waals surface area contributed by atoms with Crippen LogP contribution in [0.5, 0.6) is 0 Å². The molecule has 4 heteroatoms. The summed E-state index contributed by atoms with van der Waals surface area (Å²) in [6.07, 6.45) is 2.77. The molecule has 2 rings (SSSR count). The molecule has 0 aromatic heterocycles. The number of amides is 1. The first-order valence-electron chi connectivity index (χ1n) is 6.23. The standard InChI is InChI=1S/C12H21NO3/c1-9-4-6-16-11(9)12(15)13-5-2-3-10(7-13)8-14/h9-11,14H,2-8H2,1H3. The fourth-order valence-corrected chi connectivity index (χ4v) is 2.61. The van der Waals surface area contributed by atoms with Gasteiger partial charge in [0.1, 0.15) is 6.10 Å². The third-order valence-electron chi connectivity index (χ3n) is 3.72. The van der Waals surface area contributed by atoms with Crippen LogP contribution in [0.15, 0.2) is 0 Å². The smallest absolute Gasteiger partial charge is 0.251 e. The van der Waals surface area contributed by atoms with E-state index in [9.17, 15) is 4.79 Å². The first-order valence-corrected chi connectivity index (χ1v) is 6.23. The molecule has 0 radical (unpaired) electrons. The Labute approximate surface area is 96.6 Å². The molecule has 2 heterocycles. The van der Waals surface area contributed by atoms with Gasteiger partial charge in [0.15, 0.2) is 0 Å². The van der Waals surface area contributed by atoms with Crippen molar-refractivity contribution in [3.05, 3.63) is 0 Å². The van der Waals surface area contributed by atoms with Gasteiger partial charge in [-0.1, -0.05) is 6.92 Å². The SMILES string of the molecule is CC1CCOC1C(=O)N1CCCC(CO)C1. The van der Waals surface area contributed by atoms with E-state index in [0.29, 0.717) is 19.1 Å². The lowest BCUT2D eigenvalue weighted by molar-refractivity contribution is -0.144. The number of hydrogen-bond donors (Lipinski definition) is 1. The predicted molar refractivity (Wildman–Crippen MR) is 59.9 cm³/mol.